The number of benzene rings is 7. The van der Waals surface area contributed by atoms with E-state index >= 15 is 0 Å². The first-order valence-corrected chi connectivity index (χ1v) is 18.3. The molecule has 7 aromatic carbocycles. The highest BCUT2D eigenvalue weighted by Crippen LogP contribution is 2.54. The fourth-order valence-electron chi connectivity index (χ4n) is 8.67. The van der Waals surface area contributed by atoms with Crippen molar-refractivity contribution in [1.82, 2.24) is 9.55 Å². The van der Waals surface area contributed by atoms with Gasteiger partial charge in [0.15, 0.2) is 0 Å². The number of rotatable bonds is 6. The molecule has 2 heterocycles. The molecule has 3 heteroatoms. The molecule has 9 aromatic rings. The third-order valence-corrected chi connectivity index (χ3v) is 11.1. The molecule has 0 bridgehead atoms. The molecule has 10 rings (SSSR count). The molecular weight excluding hydrogens is 643 g/mol. The van der Waals surface area contributed by atoms with Gasteiger partial charge in [-0.15, -0.1) is 0 Å². The van der Waals surface area contributed by atoms with Gasteiger partial charge < -0.3 is 9.47 Å². The molecule has 1 aliphatic rings. The van der Waals surface area contributed by atoms with E-state index in [1.54, 1.807) is 0 Å². The normalized spacial score (nSPS) is 12.9. The SMILES string of the molecule is CC1(C)c2ccccc2-c2cccc(N(c3ccc(-c4ccccc4)cc3)c3ccc(-c4cccc5c4c4cnccc4n5-c4ccccc4)cc3)c21. The minimum Gasteiger partial charge on any atom is -0.310 e. The number of hydrogen-bond donors (Lipinski definition) is 0. The lowest BCUT2D eigenvalue weighted by Crippen LogP contribution is -2.20. The Hall–Kier alpha value is -6.71. The Kier molecular flexibility index (Phi) is 7.16. The van der Waals surface area contributed by atoms with Crippen LogP contribution in [0.2, 0.25) is 0 Å². The van der Waals surface area contributed by atoms with Crippen LogP contribution >= 0.6 is 0 Å². The summed E-state index contributed by atoms with van der Waals surface area (Å²) in [7, 11) is 0. The largest absolute Gasteiger partial charge is 0.310 e. The maximum Gasteiger partial charge on any atom is 0.0572 e. The van der Waals surface area contributed by atoms with E-state index in [1.165, 1.54) is 61.1 Å². The maximum atomic E-state index is 4.57. The lowest BCUT2D eigenvalue weighted by atomic mass is 9.81. The summed E-state index contributed by atoms with van der Waals surface area (Å²) in [5.41, 5.74) is 16.8. The van der Waals surface area contributed by atoms with Gasteiger partial charge in [-0.25, -0.2) is 0 Å². The summed E-state index contributed by atoms with van der Waals surface area (Å²) in [6.07, 6.45) is 3.89. The van der Waals surface area contributed by atoms with E-state index in [0.29, 0.717) is 0 Å². The van der Waals surface area contributed by atoms with Crippen LogP contribution < -0.4 is 4.90 Å². The van der Waals surface area contributed by atoms with E-state index in [-0.39, 0.29) is 5.41 Å². The Labute approximate surface area is 310 Å². The molecule has 53 heavy (non-hydrogen) atoms. The van der Waals surface area contributed by atoms with Crippen LogP contribution in [0.1, 0.15) is 25.0 Å². The van der Waals surface area contributed by atoms with Crippen molar-refractivity contribution in [3.8, 4) is 39.1 Å². The fraction of sp³-hybridized carbons (Fsp3) is 0.0600. The Morgan fingerprint density at radius 1 is 0.491 bits per heavy atom. The molecule has 0 saturated heterocycles. The molecule has 0 N–H and O–H groups in total. The first-order chi connectivity index (χ1) is 26.1. The van der Waals surface area contributed by atoms with E-state index in [4.69, 9.17) is 0 Å². The molecule has 2 aromatic heterocycles. The van der Waals surface area contributed by atoms with Crippen molar-refractivity contribution in [1.29, 1.82) is 0 Å². The summed E-state index contributed by atoms with van der Waals surface area (Å²) in [6, 6.07) is 63.7. The average molecular weight is 680 g/mol. The third kappa shape index (κ3) is 4.92. The second kappa shape index (κ2) is 12.2. The summed E-state index contributed by atoms with van der Waals surface area (Å²) < 4.78 is 2.35. The van der Waals surface area contributed by atoms with Gasteiger partial charge in [-0.3, -0.25) is 4.98 Å². The highest BCUT2D eigenvalue weighted by molar-refractivity contribution is 6.15. The Bertz CT molecular complexity index is 2780. The van der Waals surface area contributed by atoms with Crippen molar-refractivity contribution in [3.63, 3.8) is 0 Å². The van der Waals surface area contributed by atoms with Gasteiger partial charge >= 0.3 is 0 Å². The van der Waals surface area contributed by atoms with Gasteiger partial charge in [0, 0.05) is 45.6 Å². The lowest BCUT2D eigenvalue weighted by molar-refractivity contribution is 0.661. The highest BCUT2D eigenvalue weighted by atomic mass is 15.1. The lowest BCUT2D eigenvalue weighted by Gasteiger charge is -2.32. The van der Waals surface area contributed by atoms with Crippen LogP contribution in [-0.4, -0.2) is 9.55 Å². The van der Waals surface area contributed by atoms with Crippen LogP contribution in [0.15, 0.2) is 188 Å². The fourth-order valence-corrected chi connectivity index (χ4v) is 8.67. The van der Waals surface area contributed by atoms with Crippen LogP contribution in [0.25, 0.3) is 60.9 Å². The van der Waals surface area contributed by atoms with Gasteiger partial charge in [0.05, 0.1) is 16.7 Å². The number of para-hydroxylation sites is 1. The number of anilines is 3. The zero-order valence-corrected chi connectivity index (χ0v) is 29.7. The first kappa shape index (κ1) is 31.1. The van der Waals surface area contributed by atoms with Crippen LogP contribution in [0.3, 0.4) is 0 Å². The minimum absolute atomic E-state index is 0.165. The minimum atomic E-state index is -0.165. The summed E-state index contributed by atoms with van der Waals surface area (Å²) in [4.78, 5) is 7.01. The third-order valence-electron chi connectivity index (χ3n) is 11.1. The van der Waals surface area contributed by atoms with Crippen molar-refractivity contribution >= 4 is 38.9 Å². The number of nitrogens with zero attached hydrogens (tertiary/aromatic N) is 3. The average Bonchev–Trinajstić information content (AvgIpc) is 3.68. The molecule has 0 unspecified atom stereocenters. The zero-order chi connectivity index (χ0) is 35.5. The summed E-state index contributed by atoms with van der Waals surface area (Å²) in [5.74, 6) is 0. The summed E-state index contributed by atoms with van der Waals surface area (Å²) in [5, 5.41) is 2.36. The van der Waals surface area contributed by atoms with Crippen molar-refractivity contribution in [2.45, 2.75) is 19.3 Å². The predicted molar refractivity (Wildman–Crippen MR) is 222 cm³/mol. The van der Waals surface area contributed by atoms with Gasteiger partial charge in [-0.05, 0) is 99.1 Å². The van der Waals surface area contributed by atoms with E-state index in [0.717, 1.165) is 28.0 Å². The topological polar surface area (TPSA) is 21.1 Å². The quantitative estimate of drug-likeness (QED) is 0.174. The molecular formula is C50H37N3. The molecule has 0 saturated carbocycles. The van der Waals surface area contributed by atoms with E-state index in [1.807, 2.05) is 12.4 Å². The molecule has 3 nitrogen and oxygen atoms in total. The summed E-state index contributed by atoms with van der Waals surface area (Å²) >= 11 is 0. The Balaban J connectivity index is 1.14. The van der Waals surface area contributed by atoms with Crippen molar-refractivity contribution in [2.75, 3.05) is 4.90 Å². The molecule has 0 spiro atoms. The number of pyridine rings is 1. The number of aromatic nitrogens is 2. The van der Waals surface area contributed by atoms with Gasteiger partial charge in [0.25, 0.3) is 0 Å². The highest BCUT2D eigenvalue weighted by Gasteiger charge is 2.38. The van der Waals surface area contributed by atoms with Gasteiger partial charge in [0.2, 0.25) is 0 Å². The smallest absolute Gasteiger partial charge is 0.0572 e. The van der Waals surface area contributed by atoms with Crippen LogP contribution in [0.5, 0.6) is 0 Å². The molecule has 0 fully saturated rings. The molecule has 252 valence electrons. The van der Waals surface area contributed by atoms with Crippen molar-refractivity contribution in [2.24, 2.45) is 0 Å². The molecule has 0 aliphatic heterocycles. The zero-order valence-electron chi connectivity index (χ0n) is 29.7. The van der Waals surface area contributed by atoms with Crippen molar-refractivity contribution in [3.05, 3.63) is 199 Å². The van der Waals surface area contributed by atoms with E-state index < -0.39 is 0 Å². The van der Waals surface area contributed by atoms with Gasteiger partial charge in [-0.1, -0.05) is 135 Å². The van der Waals surface area contributed by atoms with E-state index in [9.17, 15) is 0 Å². The second-order valence-electron chi connectivity index (χ2n) is 14.4. The molecule has 0 radical (unpaired) electrons. The van der Waals surface area contributed by atoms with Crippen LogP contribution in [0, 0.1) is 0 Å². The number of fused-ring (bicyclic) bond motifs is 6. The van der Waals surface area contributed by atoms with Crippen LogP contribution in [0.4, 0.5) is 17.1 Å². The first-order valence-electron chi connectivity index (χ1n) is 18.3. The maximum absolute atomic E-state index is 4.57. The van der Waals surface area contributed by atoms with E-state index in [2.05, 4.69) is 204 Å². The standard InChI is InChI=1S/C50H37N3/c1-50(2)44-20-10-9-17-41(44)42-19-12-22-47(49(42)50)52(38-27-23-35(24-28-38)34-13-5-3-6-14-34)39-29-25-36(26-30-39)40-18-11-21-46-48(40)43-33-51-32-31-45(43)53(46)37-15-7-4-8-16-37/h3-33H,1-2H3. The number of hydrogen-bond acceptors (Lipinski definition) is 2. The van der Waals surface area contributed by atoms with Gasteiger partial charge in [0.1, 0.15) is 0 Å². The predicted octanol–water partition coefficient (Wildman–Crippen LogP) is 13.3. The molecule has 0 atom stereocenters. The molecule has 1 aliphatic carbocycles. The van der Waals surface area contributed by atoms with Crippen molar-refractivity contribution < 1.29 is 0 Å². The molecule has 0 amide bonds. The van der Waals surface area contributed by atoms with Crippen LogP contribution in [-0.2, 0) is 5.41 Å². The Morgan fingerprint density at radius 2 is 1.09 bits per heavy atom. The monoisotopic (exact) mass is 679 g/mol. The second-order valence-corrected chi connectivity index (χ2v) is 14.4. The summed E-state index contributed by atoms with van der Waals surface area (Å²) in [6.45, 7) is 4.73. The Morgan fingerprint density at radius 3 is 1.85 bits per heavy atom. The van der Waals surface area contributed by atoms with Gasteiger partial charge in [-0.2, -0.15) is 0 Å².